The Morgan fingerprint density at radius 2 is 1.86 bits per heavy atom. The van der Waals surface area contributed by atoms with Crippen LogP contribution in [0.3, 0.4) is 0 Å². The summed E-state index contributed by atoms with van der Waals surface area (Å²) in [5.41, 5.74) is 5.87. The molecule has 5 aromatic rings. The van der Waals surface area contributed by atoms with Crippen LogP contribution in [0, 0.1) is 6.92 Å². The molecule has 28 heavy (non-hydrogen) atoms. The average Bonchev–Trinajstić information content (AvgIpc) is 3.35. The number of aryl methyl sites for hydroxylation is 1. The number of nitrogens with zero attached hydrogens (tertiary/aromatic N) is 5. The maximum absolute atomic E-state index is 4.73. The summed E-state index contributed by atoms with van der Waals surface area (Å²) >= 11 is 0. The minimum Gasteiger partial charge on any atom is -0.360 e. The van der Waals surface area contributed by atoms with E-state index in [-0.39, 0.29) is 6.04 Å². The van der Waals surface area contributed by atoms with Gasteiger partial charge in [-0.1, -0.05) is 6.07 Å². The van der Waals surface area contributed by atoms with Crippen molar-refractivity contribution < 1.29 is 0 Å². The molecule has 5 rings (SSSR count). The number of benzene rings is 1. The zero-order valence-electron chi connectivity index (χ0n) is 15.6. The first-order valence-electron chi connectivity index (χ1n) is 9.15. The molecule has 1 atom stereocenters. The van der Waals surface area contributed by atoms with Gasteiger partial charge in [-0.2, -0.15) is 9.61 Å². The number of fused-ring (bicyclic) bond motifs is 2. The second kappa shape index (κ2) is 6.45. The average molecular weight is 369 g/mol. The fraction of sp³-hybridized carbons (Fsp3) is 0.143. The third-order valence-corrected chi connectivity index (χ3v) is 4.77. The van der Waals surface area contributed by atoms with E-state index in [1.807, 2.05) is 30.3 Å². The predicted octanol–water partition coefficient (Wildman–Crippen LogP) is 4.15. The summed E-state index contributed by atoms with van der Waals surface area (Å²) in [4.78, 5) is 16.9. The van der Waals surface area contributed by atoms with Gasteiger partial charge in [0.1, 0.15) is 11.6 Å². The lowest BCUT2D eigenvalue weighted by Gasteiger charge is -2.15. The Labute approximate surface area is 161 Å². The molecule has 0 spiro atoms. The van der Waals surface area contributed by atoms with E-state index in [0.29, 0.717) is 0 Å². The minimum absolute atomic E-state index is 0.0344. The smallest absolute Gasteiger partial charge is 0.157 e. The lowest BCUT2D eigenvalue weighted by Crippen LogP contribution is -2.12. The van der Waals surface area contributed by atoms with Crippen LogP contribution < -0.4 is 5.32 Å². The van der Waals surface area contributed by atoms with E-state index in [9.17, 15) is 0 Å². The van der Waals surface area contributed by atoms with Gasteiger partial charge in [-0.05, 0) is 43.7 Å². The van der Waals surface area contributed by atoms with Crippen LogP contribution in [-0.2, 0) is 0 Å². The van der Waals surface area contributed by atoms with E-state index in [2.05, 4.69) is 46.4 Å². The number of anilines is 1. The molecule has 0 bridgehead atoms. The SMILES string of the molecule is Cc1ccc2nc(C(C)Nc3cc(-c4ccncc4)nc4ccnn34)[nH]c2c1. The summed E-state index contributed by atoms with van der Waals surface area (Å²) in [7, 11) is 0. The Bertz CT molecular complexity index is 1270. The number of aromatic nitrogens is 6. The number of H-pyrrole nitrogens is 1. The highest BCUT2D eigenvalue weighted by Crippen LogP contribution is 2.25. The van der Waals surface area contributed by atoms with Crippen molar-refractivity contribution in [1.29, 1.82) is 0 Å². The highest BCUT2D eigenvalue weighted by molar-refractivity contribution is 5.76. The van der Waals surface area contributed by atoms with Crippen LogP contribution >= 0.6 is 0 Å². The molecule has 0 radical (unpaired) electrons. The van der Waals surface area contributed by atoms with E-state index in [4.69, 9.17) is 9.97 Å². The second-order valence-corrected chi connectivity index (χ2v) is 6.87. The predicted molar refractivity (Wildman–Crippen MR) is 109 cm³/mol. The highest BCUT2D eigenvalue weighted by atomic mass is 15.3. The molecular formula is C21H19N7. The van der Waals surface area contributed by atoms with Crippen molar-refractivity contribution in [3.05, 3.63) is 72.4 Å². The van der Waals surface area contributed by atoms with Crippen molar-refractivity contribution >= 4 is 22.5 Å². The van der Waals surface area contributed by atoms with Gasteiger partial charge in [-0.15, -0.1) is 0 Å². The number of hydrogen-bond donors (Lipinski definition) is 2. The van der Waals surface area contributed by atoms with Gasteiger partial charge in [-0.3, -0.25) is 4.98 Å². The van der Waals surface area contributed by atoms with Gasteiger partial charge in [0.25, 0.3) is 0 Å². The Kier molecular flexibility index (Phi) is 3.79. The third-order valence-electron chi connectivity index (χ3n) is 4.77. The summed E-state index contributed by atoms with van der Waals surface area (Å²) in [6.45, 7) is 4.15. The van der Waals surface area contributed by atoms with E-state index in [1.54, 1.807) is 23.1 Å². The molecule has 4 heterocycles. The summed E-state index contributed by atoms with van der Waals surface area (Å²) in [6, 6.07) is 14.0. The molecule has 7 heteroatoms. The Morgan fingerprint density at radius 1 is 1.00 bits per heavy atom. The summed E-state index contributed by atoms with van der Waals surface area (Å²) in [5.74, 6) is 1.73. The van der Waals surface area contributed by atoms with Crippen molar-refractivity contribution in [2.45, 2.75) is 19.9 Å². The molecular weight excluding hydrogens is 350 g/mol. The zero-order valence-corrected chi connectivity index (χ0v) is 15.6. The quantitative estimate of drug-likeness (QED) is 0.497. The molecule has 1 unspecified atom stereocenters. The first kappa shape index (κ1) is 16.4. The lowest BCUT2D eigenvalue weighted by atomic mass is 10.2. The Balaban J connectivity index is 1.53. The maximum Gasteiger partial charge on any atom is 0.157 e. The van der Waals surface area contributed by atoms with Gasteiger partial charge in [0.15, 0.2) is 5.65 Å². The normalized spacial score (nSPS) is 12.5. The topological polar surface area (TPSA) is 83.8 Å². The molecule has 0 amide bonds. The molecule has 0 aliphatic rings. The molecule has 0 fully saturated rings. The summed E-state index contributed by atoms with van der Waals surface area (Å²) in [5, 5.41) is 7.93. The number of nitrogens with one attached hydrogen (secondary N) is 2. The van der Waals surface area contributed by atoms with Crippen LogP contribution in [0.1, 0.15) is 24.4 Å². The van der Waals surface area contributed by atoms with Crippen molar-refractivity contribution in [3.63, 3.8) is 0 Å². The Hall–Kier alpha value is -3.74. The van der Waals surface area contributed by atoms with Gasteiger partial charge >= 0.3 is 0 Å². The lowest BCUT2D eigenvalue weighted by molar-refractivity contribution is 0.792. The van der Waals surface area contributed by atoms with Crippen LogP contribution in [-0.4, -0.2) is 29.5 Å². The number of aromatic amines is 1. The molecule has 4 aromatic heterocycles. The molecule has 1 aromatic carbocycles. The maximum atomic E-state index is 4.73. The van der Waals surface area contributed by atoms with E-state index < -0.39 is 0 Å². The fourth-order valence-corrected chi connectivity index (χ4v) is 3.32. The molecule has 0 aliphatic heterocycles. The van der Waals surface area contributed by atoms with Gasteiger partial charge in [-0.25, -0.2) is 9.97 Å². The number of pyridine rings is 1. The third kappa shape index (κ3) is 2.87. The summed E-state index contributed by atoms with van der Waals surface area (Å²) in [6.07, 6.45) is 5.28. The second-order valence-electron chi connectivity index (χ2n) is 6.87. The molecule has 138 valence electrons. The molecule has 2 N–H and O–H groups in total. The first-order valence-corrected chi connectivity index (χ1v) is 9.15. The monoisotopic (exact) mass is 369 g/mol. The van der Waals surface area contributed by atoms with Gasteiger partial charge < -0.3 is 10.3 Å². The largest absolute Gasteiger partial charge is 0.360 e. The van der Waals surface area contributed by atoms with Crippen LogP contribution in [0.15, 0.2) is 61.1 Å². The summed E-state index contributed by atoms with van der Waals surface area (Å²) < 4.78 is 1.80. The van der Waals surface area contributed by atoms with Crippen LogP contribution in [0.4, 0.5) is 5.82 Å². The van der Waals surface area contributed by atoms with Crippen LogP contribution in [0.5, 0.6) is 0 Å². The standard InChI is InChI=1S/C21H19N7/c1-13-3-4-16-18(11-13)27-21(26-16)14(2)24-20-12-17(15-5-8-22-9-6-15)25-19-7-10-23-28(19)20/h3-12,14,24H,1-2H3,(H,26,27). The highest BCUT2D eigenvalue weighted by Gasteiger charge is 2.14. The van der Waals surface area contributed by atoms with E-state index in [0.717, 1.165) is 39.6 Å². The molecule has 0 saturated carbocycles. The van der Waals surface area contributed by atoms with Crippen molar-refractivity contribution in [1.82, 2.24) is 29.5 Å². The number of rotatable bonds is 4. The number of imidazole rings is 1. The molecule has 0 saturated heterocycles. The minimum atomic E-state index is -0.0344. The van der Waals surface area contributed by atoms with Gasteiger partial charge in [0.2, 0.25) is 0 Å². The first-order chi connectivity index (χ1) is 13.7. The van der Waals surface area contributed by atoms with E-state index >= 15 is 0 Å². The van der Waals surface area contributed by atoms with Crippen LogP contribution in [0.2, 0.25) is 0 Å². The zero-order chi connectivity index (χ0) is 19.1. The fourth-order valence-electron chi connectivity index (χ4n) is 3.32. The number of hydrogen-bond acceptors (Lipinski definition) is 5. The van der Waals surface area contributed by atoms with E-state index in [1.165, 1.54) is 5.56 Å². The molecule has 7 nitrogen and oxygen atoms in total. The van der Waals surface area contributed by atoms with Gasteiger partial charge in [0.05, 0.1) is 29.0 Å². The Morgan fingerprint density at radius 3 is 2.71 bits per heavy atom. The molecule has 0 aliphatic carbocycles. The van der Waals surface area contributed by atoms with Crippen molar-refractivity contribution in [3.8, 4) is 11.3 Å². The van der Waals surface area contributed by atoms with Crippen molar-refractivity contribution in [2.24, 2.45) is 0 Å². The van der Waals surface area contributed by atoms with Gasteiger partial charge in [0, 0.05) is 30.1 Å². The van der Waals surface area contributed by atoms with Crippen molar-refractivity contribution in [2.75, 3.05) is 5.32 Å². The van der Waals surface area contributed by atoms with Crippen LogP contribution in [0.25, 0.3) is 27.9 Å².